The van der Waals surface area contributed by atoms with Gasteiger partial charge >= 0.3 is 0 Å². The molecule has 0 aliphatic carbocycles. The first kappa shape index (κ1) is 14.0. The summed E-state index contributed by atoms with van der Waals surface area (Å²) in [5.74, 6) is 1.02. The Morgan fingerprint density at radius 2 is 2.14 bits per heavy atom. The molecule has 1 aliphatic rings. The molecule has 2 aromatic rings. The number of rotatable bonds is 3. The van der Waals surface area contributed by atoms with Gasteiger partial charge in [-0.05, 0) is 26.8 Å². The maximum Gasteiger partial charge on any atom is 0.152 e. The number of hydrogen-bond donors (Lipinski definition) is 1. The van der Waals surface area contributed by atoms with E-state index in [1.54, 1.807) is 6.33 Å². The third-order valence-electron chi connectivity index (χ3n) is 3.67. The molecule has 1 aliphatic heterocycles. The second-order valence-electron chi connectivity index (χ2n) is 6.47. The van der Waals surface area contributed by atoms with Gasteiger partial charge in [0, 0.05) is 48.8 Å². The van der Waals surface area contributed by atoms with Crippen molar-refractivity contribution in [2.24, 2.45) is 0 Å². The molecule has 1 N–H and O–H groups in total. The van der Waals surface area contributed by atoms with Gasteiger partial charge in [-0.2, -0.15) is 0 Å². The molecule has 0 spiro atoms. The van der Waals surface area contributed by atoms with Crippen molar-refractivity contribution in [1.29, 1.82) is 0 Å². The summed E-state index contributed by atoms with van der Waals surface area (Å²) >= 11 is 0. The van der Waals surface area contributed by atoms with Crippen LogP contribution in [0.1, 0.15) is 32.2 Å². The van der Waals surface area contributed by atoms with Gasteiger partial charge in [0.05, 0.1) is 6.54 Å². The third-order valence-corrected chi connectivity index (χ3v) is 3.67. The molecule has 6 heteroatoms. The Balaban J connectivity index is 1.79. The molecule has 0 saturated carbocycles. The largest absolute Gasteiger partial charge is 0.362 e. The molecule has 0 aromatic carbocycles. The summed E-state index contributed by atoms with van der Waals surface area (Å²) in [5.41, 5.74) is 2.55. The maximum absolute atomic E-state index is 4.28. The fraction of sp³-hybridized carbons (Fsp3) is 0.533. The zero-order valence-corrected chi connectivity index (χ0v) is 12.9. The number of nitrogens with zero attached hydrogens (tertiary/aromatic N) is 5. The maximum atomic E-state index is 4.28. The van der Waals surface area contributed by atoms with E-state index < -0.39 is 0 Å². The quantitative estimate of drug-likeness (QED) is 0.928. The van der Waals surface area contributed by atoms with Gasteiger partial charge in [0.1, 0.15) is 6.33 Å². The summed E-state index contributed by atoms with van der Waals surface area (Å²) in [6.45, 7) is 10.0. The fourth-order valence-corrected chi connectivity index (χ4v) is 2.50. The van der Waals surface area contributed by atoms with Gasteiger partial charge in [0.2, 0.25) is 0 Å². The zero-order valence-electron chi connectivity index (χ0n) is 12.9. The molecule has 3 heterocycles. The molecule has 21 heavy (non-hydrogen) atoms. The zero-order chi connectivity index (χ0) is 14.9. The number of anilines is 1. The Morgan fingerprint density at radius 1 is 1.29 bits per heavy atom. The van der Waals surface area contributed by atoms with Crippen LogP contribution < -0.4 is 10.2 Å². The van der Waals surface area contributed by atoms with Crippen molar-refractivity contribution in [3.8, 4) is 0 Å². The Labute approximate surface area is 125 Å². The molecule has 0 bridgehead atoms. The molecule has 6 nitrogen and oxygen atoms in total. The minimum Gasteiger partial charge on any atom is -0.362 e. The summed E-state index contributed by atoms with van der Waals surface area (Å²) in [7, 11) is 0. The van der Waals surface area contributed by atoms with E-state index in [0.717, 1.165) is 32.0 Å². The topological polar surface area (TPSA) is 58.9 Å². The normalized spacial score (nSPS) is 15.1. The first-order valence-electron chi connectivity index (χ1n) is 7.32. The van der Waals surface area contributed by atoms with Gasteiger partial charge in [-0.3, -0.25) is 4.98 Å². The number of aromatic nitrogens is 4. The SMILES string of the molecule is CC(C)(C)NCc1cnccc1N1CCn2cnnc2C1. The summed E-state index contributed by atoms with van der Waals surface area (Å²) in [4.78, 5) is 6.63. The van der Waals surface area contributed by atoms with Crippen LogP contribution in [0.25, 0.3) is 0 Å². The highest BCUT2D eigenvalue weighted by Crippen LogP contribution is 2.23. The number of fused-ring (bicyclic) bond motifs is 1. The first-order chi connectivity index (χ1) is 10.0. The van der Waals surface area contributed by atoms with Gasteiger partial charge in [-0.15, -0.1) is 10.2 Å². The van der Waals surface area contributed by atoms with Crippen LogP contribution in [0.2, 0.25) is 0 Å². The Morgan fingerprint density at radius 3 is 2.95 bits per heavy atom. The molecule has 0 amide bonds. The molecule has 0 fully saturated rings. The van der Waals surface area contributed by atoms with Gasteiger partial charge < -0.3 is 14.8 Å². The Kier molecular flexibility index (Phi) is 3.63. The smallest absolute Gasteiger partial charge is 0.152 e. The number of pyridine rings is 1. The number of hydrogen-bond acceptors (Lipinski definition) is 5. The molecule has 0 saturated heterocycles. The van der Waals surface area contributed by atoms with Crippen LogP contribution in [-0.4, -0.2) is 31.8 Å². The highest BCUT2D eigenvalue weighted by atomic mass is 15.3. The lowest BCUT2D eigenvalue weighted by molar-refractivity contribution is 0.423. The van der Waals surface area contributed by atoms with Gasteiger partial charge in [0.15, 0.2) is 5.82 Å². The Bertz CT molecular complexity index is 613. The van der Waals surface area contributed by atoms with Crippen LogP contribution in [0.15, 0.2) is 24.8 Å². The fourth-order valence-electron chi connectivity index (χ4n) is 2.50. The minimum atomic E-state index is 0.0924. The lowest BCUT2D eigenvalue weighted by atomic mass is 10.1. The second-order valence-corrected chi connectivity index (χ2v) is 6.47. The average molecular weight is 286 g/mol. The standard InChI is InChI=1S/C15H22N6/c1-15(2,3)17-9-12-8-16-5-4-13(12)20-6-7-21-11-18-19-14(21)10-20/h4-5,8,11,17H,6-7,9-10H2,1-3H3. The molecule has 0 unspecified atom stereocenters. The predicted octanol–water partition coefficient (Wildman–Crippen LogP) is 1.58. The van der Waals surface area contributed by atoms with Gasteiger partial charge in [-0.1, -0.05) is 0 Å². The number of nitrogens with one attached hydrogen (secondary N) is 1. The molecule has 112 valence electrons. The van der Waals surface area contributed by atoms with E-state index in [0.29, 0.717) is 0 Å². The predicted molar refractivity (Wildman–Crippen MR) is 81.9 cm³/mol. The van der Waals surface area contributed by atoms with E-state index in [9.17, 15) is 0 Å². The molecule has 2 aromatic heterocycles. The van der Waals surface area contributed by atoms with Crippen molar-refractivity contribution in [2.75, 3.05) is 11.4 Å². The van der Waals surface area contributed by atoms with Crippen molar-refractivity contribution < 1.29 is 0 Å². The Hall–Kier alpha value is -1.95. The van der Waals surface area contributed by atoms with Crippen LogP contribution in [0, 0.1) is 0 Å². The summed E-state index contributed by atoms with van der Waals surface area (Å²) in [6, 6.07) is 2.09. The van der Waals surface area contributed by atoms with E-state index in [2.05, 4.69) is 56.8 Å². The van der Waals surface area contributed by atoms with Crippen LogP contribution >= 0.6 is 0 Å². The molecule has 3 rings (SSSR count). The summed E-state index contributed by atoms with van der Waals surface area (Å²) in [5, 5.41) is 11.7. The van der Waals surface area contributed by atoms with E-state index in [-0.39, 0.29) is 5.54 Å². The third kappa shape index (κ3) is 3.21. The van der Waals surface area contributed by atoms with Crippen molar-refractivity contribution in [3.63, 3.8) is 0 Å². The van der Waals surface area contributed by atoms with Crippen LogP contribution in [0.5, 0.6) is 0 Å². The molecule has 0 radical (unpaired) electrons. The van der Waals surface area contributed by atoms with Crippen LogP contribution in [0.3, 0.4) is 0 Å². The average Bonchev–Trinajstić information content (AvgIpc) is 2.92. The van der Waals surface area contributed by atoms with Crippen molar-refractivity contribution >= 4 is 5.69 Å². The van der Waals surface area contributed by atoms with E-state index in [1.165, 1.54) is 11.3 Å². The van der Waals surface area contributed by atoms with Crippen LogP contribution in [0.4, 0.5) is 5.69 Å². The van der Waals surface area contributed by atoms with E-state index in [4.69, 9.17) is 0 Å². The van der Waals surface area contributed by atoms with E-state index in [1.807, 2.05) is 12.4 Å². The molecule has 0 atom stereocenters. The summed E-state index contributed by atoms with van der Waals surface area (Å²) < 4.78 is 2.12. The van der Waals surface area contributed by atoms with E-state index >= 15 is 0 Å². The van der Waals surface area contributed by atoms with Crippen LogP contribution in [-0.2, 0) is 19.6 Å². The first-order valence-corrected chi connectivity index (χ1v) is 7.32. The van der Waals surface area contributed by atoms with Gasteiger partial charge in [0.25, 0.3) is 0 Å². The lowest BCUT2D eigenvalue weighted by Gasteiger charge is -2.31. The highest BCUT2D eigenvalue weighted by molar-refractivity contribution is 5.52. The van der Waals surface area contributed by atoms with Gasteiger partial charge in [-0.25, -0.2) is 0 Å². The van der Waals surface area contributed by atoms with Crippen molar-refractivity contribution in [3.05, 3.63) is 36.2 Å². The minimum absolute atomic E-state index is 0.0924. The second kappa shape index (κ2) is 5.44. The molecular formula is C15H22N6. The van der Waals surface area contributed by atoms with Crippen molar-refractivity contribution in [1.82, 2.24) is 25.1 Å². The summed E-state index contributed by atoms with van der Waals surface area (Å²) in [6.07, 6.45) is 5.62. The monoisotopic (exact) mass is 286 g/mol. The molecular weight excluding hydrogens is 264 g/mol. The highest BCUT2D eigenvalue weighted by Gasteiger charge is 2.20. The van der Waals surface area contributed by atoms with Crippen molar-refractivity contribution in [2.45, 2.75) is 45.9 Å². The lowest BCUT2D eigenvalue weighted by Crippen LogP contribution is -2.37.